The number of nitrogens with zero attached hydrogens (tertiary/aromatic N) is 3. The molecule has 0 radical (unpaired) electrons. The van der Waals surface area contributed by atoms with E-state index < -0.39 is 0 Å². The highest BCUT2D eigenvalue weighted by Gasteiger charge is 2.27. The molecule has 0 saturated carbocycles. The van der Waals surface area contributed by atoms with Crippen molar-refractivity contribution in [1.82, 2.24) is 14.9 Å². The third-order valence-corrected chi connectivity index (χ3v) is 6.94. The molecule has 0 aliphatic carbocycles. The van der Waals surface area contributed by atoms with Crippen molar-refractivity contribution in [3.63, 3.8) is 0 Å². The van der Waals surface area contributed by atoms with Gasteiger partial charge in [-0.25, -0.2) is 9.97 Å². The minimum Gasteiger partial charge on any atom is -0.497 e. The van der Waals surface area contributed by atoms with Crippen molar-refractivity contribution in [1.29, 1.82) is 0 Å². The van der Waals surface area contributed by atoms with Gasteiger partial charge in [-0.2, -0.15) is 0 Å². The van der Waals surface area contributed by atoms with Gasteiger partial charge in [-0.05, 0) is 42.0 Å². The van der Waals surface area contributed by atoms with E-state index in [0.717, 1.165) is 46.8 Å². The van der Waals surface area contributed by atoms with Crippen LogP contribution in [0.2, 0.25) is 0 Å². The van der Waals surface area contributed by atoms with Gasteiger partial charge in [-0.15, -0.1) is 11.3 Å². The quantitative estimate of drug-likeness (QED) is 0.438. The van der Waals surface area contributed by atoms with Gasteiger partial charge in [0.05, 0.1) is 18.9 Å². The molecule has 1 aromatic carbocycles. The third-order valence-electron chi connectivity index (χ3n) is 5.13. The number of aromatic nitrogens is 2. The molecule has 4 rings (SSSR count). The van der Waals surface area contributed by atoms with Gasteiger partial charge in [0.25, 0.3) is 0 Å². The molecular formula is C21H23N3O2S2. The molecule has 0 N–H and O–H groups in total. The van der Waals surface area contributed by atoms with Gasteiger partial charge in [0, 0.05) is 11.9 Å². The van der Waals surface area contributed by atoms with Gasteiger partial charge in [0.2, 0.25) is 5.91 Å². The van der Waals surface area contributed by atoms with E-state index in [1.807, 2.05) is 23.6 Å². The lowest BCUT2D eigenvalue weighted by Gasteiger charge is -2.30. The Hall–Kier alpha value is -2.12. The average Bonchev–Trinajstić information content (AvgIpc) is 3.09. The fraction of sp³-hybridized carbons (Fsp3) is 0.381. The summed E-state index contributed by atoms with van der Waals surface area (Å²) in [5, 5.41) is 3.93. The molecule has 5 nitrogen and oxygen atoms in total. The Balaban J connectivity index is 1.50. The number of ether oxygens (including phenoxy) is 1. The minimum atomic E-state index is 0.132. The minimum absolute atomic E-state index is 0.132. The maximum absolute atomic E-state index is 13.1. The van der Waals surface area contributed by atoms with Crippen LogP contribution in [0.1, 0.15) is 37.3 Å². The van der Waals surface area contributed by atoms with Crippen LogP contribution in [0.3, 0.4) is 0 Å². The Morgan fingerprint density at radius 1 is 1.21 bits per heavy atom. The monoisotopic (exact) mass is 413 g/mol. The number of thioether (sulfide) groups is 1. The smallest absolute Gasteiger partial charge is 0.233 e. The van der Waals surface area contributed by atoms with Crippen LogP contribution < -0.4 is 4.74 Å². The first kappa shape index (κ1) is 19.2. The zero-order valence-corrected chi connectivity index (χ0v) is 17.5. The summed E-state index contributed by atoms with van der Waals surface area (Å²) in [6.45, 7) is 0.813. The number of fused-ring (bicyclic) bond motifs is 1. The van der Waals surface area contributed by atoms with E-state index in [9.17, 15) is 4.79 Å². The second-order valence-corrected chi connectivity index (χ2v) is 8.69. The van der Waals surface area contributed by atoms with Crippen molar-refractivity contribution in [2.75, 3.05) is 19.4 Å². The first-order chi connectivity index (χ1) is 13.8. The summed E-state index contributed by atoms with van der Waals surface area (Å²) in [6.07, 6.45) is 5.97. The van der Waals surface area contributed by atoms with Crippen molar-refractivity contribution in [2.24, 2.45) is 0 Å². The van der Waals surface area contributed by atoms with E-state index in [-0.39, 0.29) is 11.9 Å². The molecule has 3 heterocycles. The van der Waals surface area contributed by atoms with Crippen LogP contribution in [0.4, 0.5) is 0 Å². The lowest BCUT2D eigenvalue weighted by atomic mass is 10.0. The van der Waals surface area contributed by atoms with E-state index in [1.54, 1.807) is 24.8 Å². The molecule has 1 saturated heterocycles. The largest absolute Gasteiger partial charge is 0.497 e. The molecule has 2 aromatic heterocycles. The molecule has 0 spiro atoms. The Morgan fingerprint density at radius 3 is 2.89 bits per heavy atom. The van der Waals surface area contributed by atoms with E-state index in [0.29, 0.717) is 5.75 Å². The lowest BCUT2D eigenvalue weighted by molar-refractivity contribution is -0.130. The summed E-state index contributed by atoms with van der Waals surface area (Å²) in [5.41, 5.74) is 1.18. The van der Waals surface area contributed by atoms with Gasteiger partial charge < -0.3 is 9.64 Å². The van der Waals surface area contributed by atoms with Gasteiger partial charge in [-0.3, -0.25) is 4.79 Å². The Kier molecular flexibility index (Phi) is 6.12. The number of hydrogen-bond acceptors (Lipinski definition) is 6. The van der Waals surface area contributed by atoms with Crippen molar-refractivity contribution in [3.05, 3.63) is 47.6 Å². The molecule has 0 unspecified atom stereocenters. The van der Waals surface area contributed by atoms with Crippen LogP contribution in [0, 0.1) is 0 Å². The summed E-state index contributed by atoms with van der Waals surface area (Å²) < 4.78 is 5.28. The molecule has 1 aliphatic heterocycles. The highest BCUT2D eigenvalue weighted by molar-refractivity contribution is 8.00. The van der Waals surface area contributed by atoms with E-state index >= 15 is 0 Å². The number of methoxy groups -OCH3 is 1. The number of carbonyl (C=O) groups is 1. The molecule has 1 aliphatic rings. The number of carbonyl (C=O) groups excluding carboxylic acids is 1. The molecule has 146 valence electrons. The number of likely N-dealkylation sites (tertiary alicyclic amines) is 1. The van der Waals surface area contributed by atoms with E-state index in [1.165, 1.54) is 23.7 Å². The standard InChI is InChI=1S/C21H23N3O2S2/c1-26-16-8-6-15(7-9-16)18-5-3-2-4-11-24(18)19(25)13-28-21-17-10-12-27-20(17)22-14-23-21/h6-10,12,14,18H,2-5,11,13H2,1H3/t18-/m0/s1. The highest BCUT2D eigenvalue weighted by atomic mass is 32.2. The molecule has 1 fully saturated rings. The van der Waals surface area contributed by atoms with Gasteiger partial charge >= 0.3 is 0 Å². The summed E-state index contributed by atoms with van der Waals surface area (Å²) >= 11 is 3.11. The van der Waals surface area contributed by atoms with Crippen LogP contribution in [0.15, 0.2) is 47.1 Å². The van der Waals surface area contributed by atoms with Gasteiger partial charge in [0.1, 0.15) is 21.9 Å². The summed E-state index contributed by atoms with van der Waals surface area (Å²) in [6, 6.07) is 10.3. The van der Waals surface area contributed by atoms with Crippen LogP contribution in [0.5, 0.6) is 5.75 Å². The molecular weight excluding hydrogens is 390 g/mol. The molecule has 1 atom stereocenters. The predicted octanol–water partition coefficient (Wildman–Crippen LogP) is 4.94. The van der Waals surface area contributed by atoms with Crippen molar-refractivity contribution in [3.8, 4) is 5.75 Å². The number of thiophene rings is 1. The van der Waals surface area contributed by atoms with Crippen molar-refractivity contribution >= 4 is 39.2 Å². The molecule has 7 heteroatoms. The zero-order valence-electron chi connectivity index (χ0n) is 15.8. The maximum atomic E-state index is 13.1. The topological polar surface area (TPSA) is 55.3 Å². The van der Waals surface area contributed by atoms with E-state index in [4.69, 9.17) is 4.74 Å². The second-order valence-electron chi connectivity index (χ2n) is 6.83. The first-order valence-electron chi connectivity index (χ1n) is 9.50. The second kappa shape index (κ2) is 8.92. The fourth-order valence-corrected chi connectivity index (χ4v) is 5.34. The SMILES string of the molecule is COc1ccc([C@@H]2CCCCCN2C(=O)CSc2ncnc3sccc23)cc1. The lowest BCUT2D eigenvalue weighted by Crippen LogP contribution is -2.36. The van der Waals surface area contributed by atoms with Crippen LogP contribution in [-0.4, -0.2) is 40.2 Å². The number of rotatable bonds is 5. The fourth-order valence-electron chi connectivity index (χ4n) is 3.67. The Labute approximate surface area is 173 Å². The number of benzene rings is 1. The number of hydrogen-bond donors (Lipinski definition) is 0. The Morgan fingerprint density at radius 2 is 2.07 bits per heavy atom. The van der Waals surface area contributed by atoms with E-state index in [2.05, 4.69) is 27.0 Å². The first-order valence-corrected chi connectivity index (χ1v) is 11.4. The summed E-state index contributed by atoms with van der Waals surface area (Å²) in [4.78, 5) is 24.8. The maximum Gasteiger partial charge on any atom is 0.233 e. The third kappa shape index (κ3) is 4.15. The normalized spacial score (nSPS) is 17.5. The Bertz CT molecular complexity index is 942. The average molecular weight is 414 g/mol. The molecule has 0 bridgehead atoms. The van der Waals surface area contributed by atoms with Gasteiger partial charge in [0.15, 0.2) is 0 Å². The van der Waals surface area contributed by atoms with Gasteiger partial charge in [-0.1, -0.05) is 36.7 Å². The predicted molar refractivity (Wildman–Crippen MR) is 114 cm³/mol. The van der Waals surface area contributed by atoms with Crippen molar-refractivity contribution in [2.45, 2.75) is 36.8 Å². The van der Waals surface area contributed by atoms with Crippen LogP contribution >= 0.6 is 23.1 Å². The zero-order chi connectivity index (χ0) is 19.3. The molecule has 28 heavy (non-hydrogen) atoms. The number of amides is 1. The summed E-state index contributed by atoms with van der Waals surface area (Å²) in [5.74, 6) is 1.42. The van der Waals surface area contributed by atoms with Crippen LogP contribution in [0.25, 0.3) is 10.2 Å². The molecule has 1 amide bonds. The highest BCUT2D eigenvalue weighted by Crippen LogP contribution is 2.33. The molecule has 3 aromatic rings. The summed E-state index contributed by atoms with van der Waals surface area (Å²) in [7, 11) is 1.67. The van der Waals surface area contributed by atoms with Crippen molar-refractivity contribution < 1.29 is 9.53 Å². The van der Waals surface area contributed by atoms with Crippen LogP contribution in [-0.2, 0) is 4.79 Å².